The predicted molar refractivity (Wildman–Crippen MR) is 88.3 cm³/mol. The summed E-state index contributed by atoms with van der Waals surface area (Å²) in [7, 11) is 0. The monoisotopic (exact) mass is 302 g/mol. The largest absolute Gasteiger partial charge is 0.268 e. The fourth-order valence-electron chi connectivity index (χ4n) is 2.21. The smallest absolute Gasteiger partial charge is 0.266 e. The van der Waals surface area contributed by atoms with E-state index in [1.54, 1.807) is 72.9 Å². The van der Waals surface area contributed by atoms with Crippen molar-refractivity contribution in [2.75, 3.05) is 4.90 Å². The van der Waals surface area contributed by atoms with Crippen LogP contribution in [0.2, 0.25) is 0 Å². The highest BCUT2D eigenvalue weighted by molar-refractivity contribution is 6.25. The Bertz CT molecular complexity index is 751. The third kappa shape index (κ3) is 3.16. The van der Waals surface area contributed by atoms with Gasteiger partial charge in [0.05, 0.1) is 0 Å². The maximum Gasteiger partial charge on any atom is 0.266 e. The molecule has 0 unspecified atom stereocenters. The molecule has 4 nitrogen and oxygen atoms in total. The van der Waals surface area contributed by atoms with E-state index in [1.807, 2.05) is 12.1 Å². The van der Waals surface area contributed by atoms with Crippen molar-refractivity contribution < 1.29 is 9.59 Å². The second-order valence-electron chi connectivity index (χ2n) is 4.87. The van der Waals surface area contributed by atoms with E-state index < -0.39 is 11.8 Å². The molecule has 2 aromatic carbocycles. The number of pyridine rings is 1. The molecule has 0 saturated heterocycles. The van der Waals surface area contributed by atoms with Crippen molar-refractivity contribution in [1.82, 2.24) is 4.98 Å². The topological polar surface area (TPSA) is 50.3 Å². The summed E-state index contributed by atoms with van der Waals surface area (Å²) in [5.74, 6) is -0.508. The predicted octanol–water partition coefficient (Wildman–Crippen LogP) is 3.57. The zero-order chi connectivity index (χ0) is 16.1. The number of aromatic nitrogens is 1. The van der Waals surface area contributed by atoms with Gasteiger partial charge in [0.25, 0.3) is 11.8 Å². The molecular formula is C19H14N2O2. The second-order valence-corrected chi connectivity index (χ2v) is 4.87. The van der Waals surface area contributed by atoms with Gasteiger partial charge in [0.1, 0.15) is 5.82 Å². The van der Waals surface area contributed by atoms with Crippen LogP contribution < -0.4 is 4.90 Å². The van der Waals surface area contributed by atoms with Crippen molar-refractivity contribution in [1.29, 1.82) is 0 Å². The first-order valence-electron chi connectivity index (χ1n) is 7.17. The van der Waals surface area contributed by atoms with Crippen LogP contribution in [0.4, 0.5) is 5.82 Å². The Morgan fingerprint density at radius 2 is 1.13 bits per heavy atom. The minimum absolute atomic E-state index is 0.301. The van der Waals surface area contributed by atoms with E-state index in [0.717, 1.165) is 4.90 Å². The van der Waals surface area contributed by atoms with E-state index in [4.69, 9.17) is 0 Å². The summed E-state index contributed by atoms with van der Waals surface area (Å²) in [6.45, 7) is 0. The fourth-order valence-corrected chi connectivity index (χ4v) is 2.21. The van der Waals surface area contributed by atoms with Crippen LogP contribution >= 0.6 is 0 Å². The molecular weight excluding hydrogens is 288 g/mol. The van der Waals surface area contributed by atoms with E-state index in [-0.39, 0.29) is 0 Å². The maximum absolute atomic E-state index is 12.8. The number of hydrogen-bond donors (Lipinski definition) is 0. The Kier molecular flexibility index (Phi) is 4.25. The molecule has 0 radical (unpaired) electrons. The molecule has 0 bridgehead atoms. The zero-order valence-corrected chi connectivity index (χ0v) is 12.3. The lowest BCUT2D eigenvalue weighted by atomic mass is 10.1. The highest BCUT2D eigenvalue weighted by atomic mass is 16.2. The van der Waals surface area contributed by atoms with Gasteiger partial charge in [-0.05, 0) is 36.4 Å². The normalized spacial score (nSPS) is 10.1. The van der Waals surface area contributed by atoms with Crippen molar-refractivity contribution in [3.8, 4) is 0 Å². The summed E-state index contributed by atoms with van der Waals surface area (Å²) in [5.41, 5.74) is 0.866. The molecule has 23 heavy (non-hydrogen) atoms. The van der Waals surface area contributed by atoms with Gasteiger partial charge in [0.15, 0.2) is 0 Å². The summed E-state index contributed by atoms with van der Waals surface area (Å²) in [4.78, 5) is 30.9. The highest BCUT2D eigenvalue weighted by Crippen LogP contribution is 2.17. The van der Waals surface area contributed by atoms with Gasteiger partial charge in [-0.15, -0.1) is 0 Å². The Labute approximate surface area is 134 Å². The third-order valence-electron chi connectivity index (χ3n) is 3.33. The maximum atomic E-state index is 12.8. The first kappa shape index (κ1) is 14.7. The third-order valence-corrected chi connectivity index (χ3v) is 3.33. The van der Waals surface area contributed by atoms with Crippen molar-refractivity contribution in [2.45, 2.75) is 0 Å². The molecule has 0 aliphatic heterocycles. The average molecular weight is 302 g/mol. The van der Waals surface area contributed by atoms with E-state index in [0.29, 0.717) is 16.9 Å². The van der Waals surface area contributed by atoms with Crippen LogP contribution in [0.5, 0.6) is 0 Å². The van der Waals surface area contributed by atoms with Gasteiger partial charge in [-0.2, -0.15) is 0 Å². The molecule has 3 aromatic rings. The molecule has 0 N–H and O–H groups in total. The van der Waals surface area contributed by atoms with Crippen LogP contribution in [0.3, 0.4) is 0 Å². The lowest BCUT2D eigenvalue weighted by Gasteiger charge is -2.20. The van der Waals surface area contributed by atoms with Gasteiger partial charge in [0, 0.05) is 17.3 Å². The van der Waals surface area contributed by atoms with E-state index >= 15 is 0 Å². The molecule has 2 amide bonds. The lowest BCUT2D eigenvalue weighted by Crippen LogP contribution is -2.37. The molecule has 3 rings (SSSR count). The Balaban J connectivity index is 2.05. The summed E-state index contributed by atoms with van der Waals surface area (Å²) in [6, 6.07) is 22.5. The Morgan fingerprint density at radius 3 is 1.57 bits per heavy atom. The van der Waals surface area contributed by atoms with Crippen LogP contribution in [0, 0.1) is 0 Å². The lowest BCUT2D eigenvalue weighted by molar-refractivity contribution is 0.0896. The Morgan fingerprint density at radius 1 is 0.652 bits per heavy atom. The fraction of sp³-hybridized carbons (Fsp3) is 0. The van der Waals surface area contributed by atoms with Crippen LogP contribution in [-0.4, -0.2) is 16.8 Å². The SMILES string of the molecule is O=C(c1ccccc1)N(C(=O)c1ccccc1)c1ccccn1. The molecule has 0 aliphatic rings. The van der Waals surface area contributed by atoms with Crippen LogP contribution in [-0.2, 0) is 0 Å². The minimum atomic E-state index is -0.404. The van der Waals surface area contributed by atoms with E-state index in [9.17, 15) is 9.59 Å². The number of carbonyl (C=O) groups is 2. The van der Waals surface area contributed by atoms with Crippen molar-refractivity contribution >= 4 is 17.6 Å². The summed E-state index contributed by atoms with van der Waals surface area (Å²) >= 11 is 0. The van der Waals surface area contributed by atoms with Gasteiger partial charge >= 0.3 is 0 Å². The van der Waals surface area contributed by atoms with Gasteiger partial charge < -0.3 is 0 Å². The summed E-state index contributed by atoms with van der Waals surface area (Å²) in [5, 5.41) is 0. The number of nitrogens with zero attached hydrogens (tertiary/aromatic N) is 2. The van der Waals surface area contributed by atoms with Crippen LogP contribution in [0.15, 0.2) is 85.1 Å². The molecule has 0 spiro atoms. The number of hydrogen-bond acceptors (Lipinski definition) is 3. The molecule has 112 valence electrons. The molecule has 0 saturated carbocycles. The van der Waals surface area contributed by atoms with E-state index in [1.165, 1.54) is 0 Å². The number of anilines is 1. The van der Waals surface area contributed by atoms with Crippen molar-refractivity contribution in [3.63, 3.8) is 0 Å². The summed E-state index contributed by atoms with van der Waals surface area (Å²) < 4.78 is 0. The van der Waals surface area contributed by atoms with Crippen molar-refractivity contribution in [3.05, 3.63) is 96.2 Å². The Hall–Kier alpha value is -3.27. The number of amides is 2. The molecule has 0 fully saturated rings. The van der Waals surface area contributed by atoms with Gasteiger partial charge in [-0.3, -0.25) is 9.59 Å². The molecule has 0 aliphatic carbocycles. The van der Waals surface area contributed by atoms with Gasteiger partial charge in [-0.25, -0.2) is 9.88 Å². The summed E-state index contributed by atoms with van der Waals surface area (Å²) in [6.07, 6.45) is 1.55. The second kappa shape index (κ2) is 6.66. The number of rotatable bonds is 3. The van der Waals surface area contributed by atoms with Gasteiger partial charge in [-0.1, -0.05) is 42.5 Å². The van der Waals surface area contributed by atoms with Gasteiger partial charge in [0.2, 0.25) is 0 Å². The molecule has 1 heterocycles. The molecule has 0 atom stereocenters. The number of imide groups is 1. The quantitative estimate of drug-likeness (QED) is 0.695. The zero-order valence-electron chi connectivity index (χ0n) is 12.3. The standard InChI is InChI=1S/C19H14N2O2/c22-18(15-9-3-1-4-10-15)21(17-13-7-8-14-20-17)19(23)16-11-5-2-6-12-16/h1-14H. The highest BCUT2D eigenvalue weighted by Gasteiger charge is 2.26. The van der Waals surface area contributed by atoms with Crippen LogP contribution in [0.25, 0.3) is 0 Å². The molecule has 4 heteroatoms. The van der Waals surface area contributed by atoms with Crippen LogP contribution in [0.1, 0.15) is 20.7 Å². The number of benzene rings is 2. The van der Waals surface area contributed by atoms with E-state index in [2.05, 4.69) is 4.98 Å². The first-order valence-corrected chi connectivity index (χ1v) is 7.17. The first-order chi connectivity index (χ1) is 11.3. The minimum Gasteiger partial charge on any atom is -0.268 e. The number of carbonyl (C=O) groups excluding carboxylic acids is 2. The molecule has 1 aromatic heterocycles. The average Bonchev–Trinajstić information content (AvgIpc) is 2.64. The van der Waals surface area contributed by atoms with Crippen molar-refractivity contribution in [2.24, 2.45) is 0 Å².